The Morgan fingerprint density at radius 2 is 1.68 bits per heavy atom. The van der Waals surface area contributed by atoms with Crippen LogP contribution in [0.15, 0.2) is 114 Å². The Morgan fingerprint density at radius 3 is 2.45 bits per heavy atom. The number of nitrogens with zero attached hydrogens (tertiary/aromatic N) is 6. The average Bonchev–Trinajstić information content (AvgIpc) is 3.93. The molecule has 5 amide bonds. The van der Waals surface area contributed by atoms with E-state index in [0.29, 0.717) is 86.9 Å². The molecule has 5 aliphatic rings. The van der Waals surface area contributed by atoms with Gasteiger partial charge in [-0.2, -0.15) is 0 Å². The first-order valence-corrected chi connectivity index (χ1v) is 30.8. The molecule has 1 atom stereocenters. The smallest absolute Gasteiger partial charge is 0.293 e. The van der Waals surface area contributed by atoms with E-state index in [1.54, 1.807) is 36.5 Å². The zero-order valence-corrected chi connectivity index (χ0v) is 49.0. The number of piperidine rings is 2. The first kappa shape index (κ1) is 58.4. The predicted molar refractivity (Wildman–Crippen MR) is 323 cm³/mol. The van der Waals surface area contributed by atoms with Gasteiger partial charge in [0.15, 0.2) is 0 Å². The summed E-state index contributed by atoms with van der Waals surface area (Å²) in [4.78, 5) is 91.7. The molecule has 0 radical (unpaired) electrons. The van der Waals surface area contributed by atoms with Gasteiger partial charge in [-0.3, -0.25) is 44.3 Å². The molecular weight excluding hydrogens is 1130 g/mol. The van der Waals surface area contributed by atoms with Gasteiger partial charge in [0.25, 0.3) is 27.5 Å². The number of aromatic amines is 1. The number of nitro benzene ring substituents is 1. The molecule has 0 bridgehead atoms. The van der Waals surface area contributed by atoms with Crippen LogP contribution in [0.25, 0.3) is 16.6 Å². The standard InChI is InChI=1S/C62H68ClN11O10S/c1-62(2)22-18-42(49(34-62)40-8-10-43(63)11-9-40)37-70-27-29-71(30-28-70)44-12-14-48(55(32-44)84-45-31-41-19-24-65-58(41)67-36-45)59(77)69-85(82,83)46-13-15-52(54(33-46)74(80)81)66-35-39-20-25-72(26-21-39)57(76)7-4-23-64-51-6-3-5-47-50(51)38-73(61(47)79)53-16-17-56(75)68-60(53)78/h3,5-6,8-15,19,24,31-33,36,39,53,64,66H,4,7,16-18,20-23,25-30,34-35,37-38H2,1-2H3,(H,65,67)(H,69,77)(H,68,75,78). The van der Waals surface area contributed by atoms with Gasteiger partial charge in [-0.1, -0.05) is 49.2 Å². The first-order chi connectivity index (χ1) is 40.8. The SMILES string of the molecule is CC1(C)CCC(CN2CCN(c3ccc(C(=O)NS(=O)(=O)c4ccc(NCC5CCN(C(=O)CCCNc6cccc7c6CN(C6CCC(=O)NC6=O)C7=O)CC5)c([N+](=O)[O-])c4)c(Oc4cnc5[nH]ccc5c4)c3)CC2)=C(c2ccc(Cl)cc2)C1. The van der Waals surface area contributed by atoms with Crippen LogP contribution in [0.2, 0.25) is 5.02 Å². The summed E-state index contributed by atoms with van der Waals surface area (Å²) < 4.78 is 36.4. The molecule has 1 aliphatic carbocycles. The van der Waals surface area contributed by atoms with Gasteiger partial charge in [0.05, 0.1) is 21.6 Å². The number of imide groups is 1. The number of sulfonamides is 1. The maximum Gasteiger partial charge on any atom is 0.293 e. The third-order valence-corrected chi connectivity index (χ3v) is 18.6. The summed E-state index contributed by atoms with van der Waals surface area (Å²) in [7, 11) is -4.66. The van der Waals surface area contributed by atoms with Gasteiger partial charge in [-0.05, 0) is 128 Å². The quantitative estimate of drug-likeness (QED) is 0.0219. The highest BCUT2D eigenvalue weighted by Crippen LogP contribution is 2.44. The summed E-state index contributed by atoms with van der Waals surface area (Å²) in [5.74, 6) is -1.59. The number of amides is 5. The van der Waals surface area contributed by atoms with Crippen LogP contribution in [-0.2, 0) is 31.0 Å². The van der Waals surface area contributed by atoms with Crippen molar-refractivity contribution < 1.29 is 42.1 Å². The number of pyridine rings is 1. The molecule has 2 aromatic heterocycles. The maximum absolute atomic E-state index is 14.2. The van der Waals surface area contributed by atoms with E-state index in [-0.39, 0.29) is 65.4 Å². The number of carbonyl (C=O) groups is 5. The number of carbonyl (C=O) groups excluding carboxylic acids is 5. The van der Waals surface area contributed by atoms with Gasteiger partial charge in [-0.25, -0.2) is 18.1 Å². The molecule has 6 aromatic rings. The van der Waals surface area contributed by atoms with Gasteiger partial charge >= 0.3 is 0 Å². The molecule has 5 N–H and O–H groups in total. The zero-order chi connectivity index (χ0) is 59.6. The van der Waals surface area contributed by atoms with Crippen LogP contribution in [0.1, 0.15) is 103 Å². The molecule has 0 spiro atoms. The number of nitro groups is 1. The molecule has 21 nitrogen and oxygen atoms in total. The van der Waals surface area contributed by atoms with E-state index in [9.17, 15) is 42.5 Å². The average molecular weight is 1190 g/mol. The molecule has 4 aromatic carbocycles. The fourth-order valence-corrected chi connectivity index (χ4v) is 13.3. The number of benzene rings is 4. The second-order valence-electron chi connectivity index (χ2n) is 23.4. The number of anilines is 3. The molecule has 1 unspecified atom stereocenters. The number of piperazine rings is 1. The molecule has 4 aliphatic heterocycles. The van der Waals surface area contributed by atoms with E-state index in [1.807, 2.05) is 29.2 Å². The van der Waals surface area contributed by atoms with Crippen LogP contribution in [0.5, 0.6) is 11.5 Å². The third-order valence-electron chi connectivity index (χ3n) is 17.1. The first-order valence-electron chi connectivity index (χ1n) is 28.9. The Labute approximate surface area is 497 Å². The topological polar surface area (TPSA) is 262 Å². The summed E-state index contributed by atoms with van der Waals surface area (Å²) in [5.41, 5.74) is 7.23. The van der Waals surface area contributed by atoms with Gasteiger partial charge in [0.2, 0.25) is 17.7 Å². The van der Waals surface area contributed by atoms with Crippen LogP contribution in [0.4, 0.5) is 22.7 Å². The minimum absolute atomic E-state index is 0.000139. The Morgan fingerprint density at radius 1 is 0.894 bits per heavy atom. The Balaban J connectivity index is 0.687. The van der Waals surface area contributed by atoms with Crippen LogP contribution in [-0.4, -0.2) is 132 Å². The number of ether oxygens (including phenoxy) is 1. The fourth-order valence-electron chi connectivity index (χ4n) is 12.2. The Kier molecular flexibility index (Phi) is 17.0. The van der Waals surface area contributed by atoms with E-state index >= 15 is 0 Å². The highest BCUT2D eigenvalue weighted by molar-refractivity contribution is 7.90. The summed E-state index contributed by atoms with van der Waals surface area (Å²) in [5, 5.41) is 22.8. The van der Waals surface area contributed by atoms with Crippen molar-refractivity contribution in [2.24, 2.45) is 11.3 Å². The van der Waals surface area contributed by atoms with Gasteiger partial charge in [-0.15, -0.1) is 0 Å². The molecule has 444 valence electrons. The van der Waals surface area contributed by atoms with Crippen molar-refractivity contribution >= 4 is 90.5 Å². The number of hydrogen-bond acceptors (Lipinski definition) is 15. The molecule has 11 rings (SSSR count). The minimum atomic E-state index is -4.66. The Bertz CT molecular complexity index is 3740. The number of nitrogens with one attached hydrogen (secondary N) is 5. The van der Waals surface area contributed by atoms with Gasteiger partial charge in [0, 0.05) is 130 Å². The van der Waals surface area contributed by atoms with Crippen LogP contribution >= 0.6 is 11.6 Å². The molecule has 3 saturated heterocycles. The molecule has 6 heterocycles. The predicted octanol–water partition coefficient (Wildman–Crippen LogP) is 9.13. The van der Waals surface area contributed by atoms with E-state index in [1.165, 1.54) is 46.0 Å². The van der Waals surface area contributed by atoms with E-state index < -0.39 is 43.4 Å². The highest BCUT2D eigenvalue weighted by Gasteiger charge is 2.40. The summed E-state index contributed by atoms with van der Waals surface area (Å²) in [6.07, 6.45) is 8.94. The lowest BCUT2D eigenvalue weighted by atomic mass is 9.72. The minimum Gasteiger partial charge on any atom is -0.455 e. The largest absolute Gasteiger partial charge is 0.455 e. The van der Waals surface area contributed by atoms with Crippen molar-refractivity contribution in [2.75, 3.05) is 74.4 Å². The molecule has 23 heteroatoms. The van der Waals surface area contributed by atoms with E-state index in [4.69, 9.17) is 16.3 Å². The number of rotatable bonds is 19. The van der Waals surface area contributed by atoms with Crippen molar-refractivity contribution in [1.82, 2.24) is 34.7 Å². The van der Waals surface area contributed by atoms with Crippen LogP contribution < -0.4 is 30.3 Å². The maximum atomic E-state index is 14.2. The number of aromatic nitrogens is 2. The zero-order valence-electron chi connectivity index (χ0n) is 47.5. The van der Waals surface area contributed by atoms with Crippen LogP contribution in [0.3, 0.4) is 0 Å². The van der Waals surface area contributed by atoms with E-state index in [2.05, 4.69) is 66.4 Å². The second-order valence-corrected chi connectivity index (χ2v) is 25.5. The second kappa shape index (κ2) is 24.7. The van der Waals surface area contributed by atoms with Gasteiger partial charge < -0.3 is 35.1 Å². The number of hydrogen-bond donors (Lipinski definition) is 5. The van der Waals surface area contributed by atoms with Crippen molar-refractivity contribution in [1.29, 1.82) is 0 Å². The fraction of sp³-hybridized carbons (Fsp3) is 0.387. The molecular formula is C62H68ClN11O10S. The lowest BCUT2D eigenvalue weighted by molar-refractivity contribution is -0.384. The highest BCUT2D eigenvalue weighted by atomic mass is 35.5. The lowest BCUT2D eigenvalue weighted by Crippen LogP contribution is -2.52. The number of allylic oxidation sites excluding steroid dienone is 1. The summed E-state index contributed by atoms with van der Waals surface area (Å²) in [6, 6.07) is 24.8. The molecule has 0 saturated carbocycles. The van der Waals surface area contributed by atoms with Gasteiger partial charge in [0.1, 0.15) is 28.9 Å². The normalized spacial score (nSPS) is 18.6. The van der Waals surface area contributed by atoms with Crippen LogP contribution in [0, 0.1) is 21.4 Å². The summed E-state index contributed by atoms with van der Waals surface area (Å²) >= 11 is 6.27. The monoisotopic (exact) mass is 1190 g/mol. The number of fused-ring (bicyclic) bond motifs is 2. The van der Waals surface area contributed by atoms with Crippen molar-refractivity contribution in [3.05, 3.63) is 146 Å². The number of likely N-dealkylation sites (tertiary alicyclic amines) is 1. The van der Waals surface area contributed by atoms with Crippen molar-refractivity contribution in [3.8, 4) is 11.5 Å². The third kappa shape index (κ3) is 13.3. The molecule has 3 fully saturated rings. The lowest BCUT2D eigenvalue weighted by Gasteiger charge is -2.39. The molecule has 85 heavy (non-hydrogen) atoms. The Hall–Kier alpha value is -8.34. The summed E-state index contributed by atoms with van der Waals surface area (Å²) in [6.45, 7) is 10.5. The number of H-pyrrole nitrogens is 1. The van der Waals surface area contributed by atoms with Crippen molar-refractivity contribution in [2.45, 2.75) is 89.1 Å². The number of halogens is 1. The van der Waals surface area contributed by atoms with Crippen molar-refractivity contribution in [3.63, 3.8) is 0 Å². The van der Waals surface area contributed by atoms with E-state index in [0.717, 1.165) is 67.3 Å².